The van der Waals surface area contributed by atoms with Gasteiger partial charge in [-0.3, -0.25) is 4.98 Å². The second kappa shape index (κ2) is 8.53. The van der Waals surface area contributed by atoms with E-state index in [1.165, 1.54) is 0 Å². The smallest absolute Gasteiger partial charge is 0.322 e. The Morgan fingerprint density at radius 2 is 2.15 bits per heavy atom. The highest BCUT2D eigenvalue weighted by Gasteiger charge is 2.27. The quantitative estimate of drug-likeness (QED) is 0.859. The van der Waals surface area contributed by atoms with Crippen LogP contribution < -0.4 is 20.3 Å². The molecule has 1 saturated heterocycles. The Hall–Kier alpha value is -2.80. The number of benzene rings is 1. The number of ether oxygens (including phenoxy) is 1. The Labute approximate surface area is 154 Å². The molecule has 1 fully saturated rings. The van der Waals surface area contributed by atoms with Gasteiger partial charge in [0.25, 0.3) is 0 Å². The molecule has 0 bridgehead atoms. The van der Waals surface area contributed by atoms with Gasteiger partial charge in [0.1, 0.15) is 12.4 Å². The summed E-state index contributed by atoms with van der Waals surface area (Å²) in [7, 11) is 3.97. The number of piperazine rings is 1. The molecule has 0 aliphatic carbocycles. The zero-order valence-corrected chi connectivity index (χ0v) is 15.2. The first kappa shape index (κ1) is 18.0. The molecule has 1 aliphatic heterocycles. The molecule has 3 rings (SSSR count). The van der Waals surface area contributed by atoms with Gasteiger partial charge in [0, 0.05) is 51.3 Å². The van der Waals surface area contributed by atoms with Crippen LogP contribution in [-0.4, -0.2) is 62.3 Å². The zero-order valence-electron chi connectivity index (χ0n) is 15.2. The van der Waals surface area contributed by atoms with Crippen LogP contribution in [0.3, 0.4) is 0 Å². The largest absolute Gasteiger partial charge is 0.490 e. The van der Waals surface area contributed by atoms with E-state index in [2.05, 4.69) is 15.6 Å². The van der Waals surface area contributed by atoms with E-state index in [0.29, 0.717) is 25.4 Å². The number of urea groups is 1. The van der Waals surface area contributed by atoms with Crippen molar-refractivity contribution < 1.29 is 9.53 Å². The number of pyridine rings is 1. The summed E-state index contributed by atoms with van der Waals surface area (Å²) in [6, 6.07) is 11.3. The van der Waals surface area contributed by atoms with Crippen LogP contribution in [0.4, 0.5) is 16.2 Å². The molecule has 1 aromatic heterocycles. The molecule has 2 aromatic rings. The number of anilines is 2. The van der Waals surface area contributed by atoms with Gasteiger partial charge in [0.2, 0.25) is 0 Å². The van der Waals surface area contributed by atoms with Gasteiger partial charge in [-0.05, 0) is 36.4 Å². The molecule has 1 aliphatic rings. The molecule has 1 aromatic carbocycles. The normalized spacial score (nSPS) is 16.8. The van der Waals surface area contributed by atoms with E-state index < -0.39 is 0 Å². The minimum Gasteiger partial charge on any atom is -0.490 e. The maximum Gasteiger partial charge on any atom is 0.322 e. The molecule has 138 valence electrons. The van der Waals surface area contributed by atoms with Gasteiger partial charge in [-0.2, -0.15) is 0 Å². The molecule has 0 radical (unpaired) electrons. The van der Waals surface area contributed by atoms with Crippen LogP contribution in [0.1, 0.15) is 0 Å². The molecule has 2 amide bonds. The van der Waals surface area contributed by atoms with Crippen LogP contribution in [-0.2, 0) is 0 Å². The average molecular weight is 355 g/mol. The number of nitrogens with zero attached hydrogens (tertiary/aromatic N) is 3. The first-order chi connectivity index (χ1) is 12.6. The predicted molar refractivity (Wildman–Crippen MR) is 103 cm³/mol. The number of amides is 2. The summed E-state index contributed by atoms with van der Waals surface area (Å²) in [5, 5.41) is 6.30. The molecule has 2 N–H and O–H groups in total. The van der Waals surface area contributed by atoms with E-state index in [1.54, 1.807) is 12.4 Å². The predicted octanol–water partition coefficient (Wildman–Crippen LogP) is 2.03. The first-order valence-corrected chi connectivity index (χ1v) is 8.72. The average Bonchev–Trinajstić information content (AvgIpc) is 2.68. The van der Waals surface area contributed by atoms with Crippen molar-refractivity contribution in [2.24, 2.45) is 0 Å². The number of hydrogen-bond donors (Lipinski definition) is 2. The van der Waals surface area contributed by atoms with Crippen molar-refractivity contribution in [2.45, 2.75) is 6.04 Å². The highest BCUT2D eigenvalue weighted by atomic mass is 16.5. The van der Waals surface area contributed by atoms with Crippen molar-refractivity contribution in [3.63, 3.8) is 0 Å². The van der Waals surface area contributed by atoms with Gasteiger partial charge < -0.3 is 25.2 Å². The minimum atomic E-state index is -0.108. The van der Waals surface area contributed by atoms with Gasteiger partial charge in [-0.15, -0.1) is 0 Å². The Morgan fingerprint density at radius 1 is 1.35 bits per heavy atom. The van der Waals surface area contributed by atoms with Crippen molar-refractivity contribution in [3.05, 3.63) is 48.8 Å². The van der Waals surface area contributed by atoms with E-state index >= 15 is 0 Å². The number of carbonyl (C=O) groups is 1. The lowest BCUT2D eigenvalue weighted by molar-refractivity contribution is 0.133. The fourth-order valence-corrected chi connectivity index (χ4v) is 2.84. The summed E-state index contributed by atoms with van der Waals surface area (Å²) < 4.78 is 5.79. The van der Waals surface area contributed by atoms with Crippen molar-refractivity contribution in [1.82, 2.24) is 15.2 Å². The van der Waals surface area contributed by atoms with E-state index in [-0.39, 0.29) is 12.1 Å². The highest BCUT2D eigenvalue weighted by molar-refractivity contribution is 5.89. The summed E-state index contributed by atoms with van der Waals surface area (Å²) in [5.74, 6) is 0.706. The lowest BCUT2D eigenvalue weighted by atomic mass is 10.2. The van der Waals surface area contributed by atoms with Gasteiger partial charge in [-0.25, -0.2) is 4.79 Å². The summed E-state index contributed by atoms with van der Waals surface area (Å²) in [6.07, 6.45) is 3.38. The van der Waals surface area contributed by atoms with Crippen molar-refractivity contribution in [1.29, 1.82) is 0 Å². The van der Waals surface area contributed by atoms with Crippen LogP contribution in [0.5, 0.6) is 5.75 Å². The molecule has 2 heterocycles. The Kier molecular flexibility index (Phi) is 5.91. The van der Waals surface area contributed by atoms with Crippen LogP contribution in [0.15, 0.2) is 48.8 Å². The van der Waals surface area contributed by atoms with E-state index in [4.69, 9.17) is 4.74 Å². The lowest BCUT2D eigenvalue weighted by Gasteiger charge is -2.35. The fourth-order valence-electron chi connectivity index (χ4n) is 2.84. The van der Waals surface area contributed by atoms with Gasteiger partial charge in [-0.1, -0.05) is 0 Å². The molecule has 26 heavy (non-hydrogen) atoms. The maximum atomic E-state index is 12.7. The minimum absolute atomic E-state index is 0.0370. The number of carbonyl (C=O) groups excluding carboxylic acids is 1. The third-order valence-corrected chi connectivity index (χ3v) is 4.32. The maximum absolute atomic E-state index is 12.7. The monoisotopic (exact) mass is 355 g/mol. The lowest BCUT2D eigenvalue weighted by Crippen LogP contribution is -2.57. The molecule has 7 nitrogen and oxygen atoms in total. The molecule has 1 unspecified atom stereocenters. The molecule has 0 saturated carbocycles. The van der Waals surface area contributed by atoms with Crippen LogP contribution >= 0.6 is 0 Å². The number of hydrogen-bond acceptors (Lipinski definition) is 5. The molecule has 1 atom stereocenters. The molecular weight excluding hydrogens is 330 g/mol. The van der Waals surface area contributed by atoms with Crippen molar-refractivity contribution >= 4 is 17.4 Å². The highest BCUT2D eigenvalue weighted by Crippen LogP contribution is 2.17. The number of rotatable bonds is 5. The zero-order chi connectivity index (χ0) is 18.4. The summed E-state index contributed by atoms with van der Waals surface area (Å²) in [6.45, 7) is 2.54. The van der Waals surface area contributed by atoms with Crippen LogP contribution in [0.2, 0.25) is 0 Å². The van der Waals surface area contributed by atoms with Gasteiger partial charge >= 0.3 is 6.03 Å². The summed E-state index contributed by atoms with van der Waals surface area (Å²) in [4.78, 5) is 20.6. The first-order valence-electron chi connectivity index (χ1n) is 8.72. The van der Waals surface area contributed by atoms with Crippen LogP contribution in [0, 0.1) is 0 Å². The van der Waals surface area contributed by atoms with Gasteiger partial charge in [0.15, 0.2) is 0 Å². The summed E-state index contributed by atoms with van der Waals surface area (Å²) in [5.41, 5.74) is 1.87. The Morgan fingerprint density at radius 3 is 2.85 bits per heavy atom. The summed E-state index contributed by atoms with van der Waals surface area (Å²) >= 11 is 0. The van der Waals surface area contributed by atoms with Crippen LogP contribution in [0.25, 0.3) is 0 Å². The Bertz CT molecular complexity index is 706. The molecular formula is C19H25N5O2. The van der Waals surface area contributed by atoms with Crippen molar-refractivity contribution in [3.8, 4) is 5.75 Å². The number of aromatic nitrogens is 1. The second-order valence-electron chi connectivity index (χ2n) is 6.42. The van der Waals surface area contributed by atoms with E-state index in [0.717, 1.165) is 17.9 Å². The third kappa shape index (κ3) is 4.64. The van der Waals surface area contributed by atoms with E-state index in [9.17, 15) is 4.79 Å². The SMILES string of the molecule is CN(C)c1ccc(NC(=O)N2CCNCC2COc2cccnc2)cc1. The topological polar surface area (TPSA) is 69.7 Å². The second-order valence-corrected chi connectivity index (χ2v) is 6.42. The van der Waals surface area contributed by atoms with Crippen molar-refractivity contribution in [2.75, 3.05) is 50.6 Å². The van der Waals surface area contributed by atoms with Gasteiger partial charge in [0.05, 0.1) is 12.2 Å². The third-order valence-electron chi connectivity index (χ3n) is 4.32. The standard InChI is InChI=1S/C19H25N5O2/c1-23(2)16-7-5-15(6-8-16)22-19(25)24-11-10-21-12-17(24)14-26-18-4-3-9-20-13-18/h3-9,13,17,21H,10-12,14H2,1-2H3,(H,22,25). The Balaban J connectivity index is 1.60. The number of nitrogens with one attached hydrogen (secondary N) is 2. The fraction of sp³-hybridized carbons (Fsp3) is 0.368. The molecule has 7 heteroatoms. The molecule has 0 spiro atoms. The van der Waals surface area contributed by atoms with E-state index in [1.807, 2.05) is 60.3 Å².